The summed E-state index contributed by atoms with van der Waals surface area (Å²) in [5.41, 5.74) is 3.47. The minimum atomic E-state index is -3.79. The van der Waals surface area contributed by atoms with Gasteiger partial charge in [-0.1, -0.05) is 60.1 Å². The fourth-order valence-corrected chi connectivity index (χ4v) is 4.67. The largest absolute Gasteiger partial charge is 0.374 e. The first-order chi connectivity index (χ1) is 16.5. The van der Waals surface area contributed by atoms with E-state index >= 15 is 0 Å². The van der Waals surface area contributed by atoms with E-state index in [9.17, 15) is 8.76 Å². The molecule has 0 fully saturated rings. The van der Waals surface area contributed by atoms with Crippen LogP contribution in [0, 0.1) is 0 Å². The molecule has 1 unspecified atom stereocenters. The summed E-state index contributed by atoms with van der Waals surface area (Å²) in [5, 5.41) is 0.468. The molecule has 6 nitrogen and oxygen atoms in total. The smallest absolute Gasteiger partial charge is 0.296 e. The highest BCUT2D eigenvalue weighted by atomic mass is 35.5. The van der Waals surface area contributed by atoms with Crippen molar-refractivity contribution < 1.29 is 13.3 Å². The van der Waals surface area contributed by atoms with Crippen molar-refractivity contribution in [2.45, 2.75) is 11.3 Å². The molecule has 0 aliphatic heterocycles. The van der Waals surface area contributed by atoms with Crippen LogP contribution in [0.3, 0.4) is 0 Å². The number of pyridine rings is 1. The summed E-state index contributed by atoms with van der Waals surface area (Å²) >= 11 is 5.93. The number of para-hydroxylation sites is 2. The summed E-state index contributed by atoms with van der Waals surface area (Å²) in [6.45, 7) is 0. The van der Waals surface area contributed by atoms with Crippen molar-refractivity contribution in [3.8, 4) is 5.82 Å². The molecule has 3 aromatic carbocycles. The minimum absolute atomic E-state index is 0.0722. The van der Waals surface area contributed by atoms with Crippen molar-refractivity contribution in [3.63, 3.8) is 0 Å². The molecular formula is C26H20ClN4O2S+. The Morgan fingerprint density at radius 1 is 0.824 bits per heavy atom. The fraction of sp³-hybridized carbons (Fsp3) is 0.0385. The predicted molar refractivity (Wildman–Crippen MR) is 133 cm³/mol. The van der Waals surface area contributed by atoms with E-state index in [1.165, 1.54) is 17.7 Å². The van der Waals surface area contributed by atoms with E-state index in [0.29, 0.717) is 21.9 Å². The number of hydrogen-bond donors (Lipinski definition) is 1. The zero-order valence-electron chi connectivity index (χ0n) is 18.0. The highest BCUT2D eigenvalue weighted by Crippen LogP contribution is 2.24. The minimum Gasteiger partial charge on any atom is -0.296 e. The maximum absolute atomic E-state index is 13.2. The van der Waals surface area contributed by atoms with E-state index in [-0.39, 0.29) is 10.7 Å². The lowest BCUT2D eigenvalue weighted by molar-refractivity contribution is -0.599. The fourth-order valence-electron chi connectivity index (χ4n) is 3.59. The molecular weight excluding hydrogens is 468 g/mol. The second kappa shape index (κ2) is 9.30. The second-order valence-electron chi connectivity index (χ2n) is 7.68. The van der Waals surface area contributed by atoms with Gasteiger partial charge in [0.2, 0.25) is 5.52 Å². The molecule has 1 N–H and O–H groups in total. The van der Waals surface area contributed by atoms with Gasteiger partial charge in [-0.3, -0.25) is 4.55 Å². The van der Waals surface area contributed by atoms with Crippen LogP contribution < -0.4 is 4.57 Å². The first-order valence-corrected chi connectivity index (χ1v) is 12.4. The van der Waals surface area contributed by atoms with Crippen LogP contribution in [0.4, 0.5) is 5.82 Å². The van der Waals surface area contributed by atoms with Crippen molar-refractivity contribution in [3.05, 3.63) is 120 Å². The molecule has 2 heterocycles. The molecule has 0 radical (unpaired) electrons. The molecule has 168 valence electrons. The molecule has 0 saturated heterocycles. The predicted octanol–water partition coefficient (Wildman–Crippen LogP) is 5.78. The van der Waals surface area contributed by atoms with Gasteiger partial charge in [-0.25, -0.2) is 9.19 Å². The Morgan fingerprint density at radius 2 is 1.47 bits per heavy atom. The van der Waals surface area contributed by atoms with Gasteiger partial charge in [0.1, 0.15) is 5.52 Å². The Kier molecular flexibility index (Phi) is 6.06. The van der Waals surface area contributed by atoms with Gasteiger partial charge in [0, 0.05) is 11.4 Å². The molecule has 34 heavy (non-hydrogen) atoms. The van der Waals surface area contributed by atoms with Crippen LogP contribution >= 0.6 is 11.6 Å². The van der Waals surface area contributed by atoms with Crippen molar-refractivity contribution in [2.75, 3.05) is 0 Å². The van der Waals surface area contributed by atoms with E-state index in [0.717, 1.165) is 12.0 Å². The van der Waals surface area contributed by atoms with Crippen molar-refractivity contribution in [1.82, 2.24) is 9.97 Å². The highest BCUT2D eigenvalue weighted by Gasteiger charge is 2.22. The van der Waals surface area contributed by atoms with Gasteiger partial charge in [-0.15, -0.1) is 4.36 Å². The number of halogens is 1. The number of fused-ring (bicyclic) bond motifs is 1. The van der Waals surface area contributed by atoms with Gasteiger partial charge in [0.15, 0.2) is 10.0 Å². The van der Waals surface area contributed by atoms with Crippen molar-refractivity contribution in [2.24, 2.45) is 4.36 Å². The van der Waals surface area contributed by atoms with E-state index < -0.39 is 10.0 Å². The molecule has 5 aromatic rings. The average molecular weight is 488 g/mol. The molecule has 1 atom stereocenters. The summed E-state index contributed by atoms with van der Waals surface area (Å²) in [6.07, 6.45) is 4.50. The first-order valence-electron chi connectivity index (χ1n) is 10.5. The molecule has 2 aromatic heterocycles. The summed E-state index contributed by atoms with van der Waals surface area (Å²) in [5.74, 6) is 0.437. The Hall–Kier alpha value is -3.65. The summed E-state index contributed by atoms with van der Waals surface area (Å²) in [6, 6.07) is 27.5. The number of rotatable bonds is 5. The van der Waals surface area contributed by atoms with Crippen LogP contribution in [0.2, 0.25) is 5.02 Å². The van der Waals surface area contributed by atoms with Crippen molar-refractivity contribution in [1.29, 1.82) is 0 Å². The maximum Gasteiger partial charge on any atom is 0.374 e. The lowest BCUT2D eigenvalue weighted by atomic mass is 10.1. The molecule has 0 aliphatic carbocycles. The van der Waals surface area contributed by atoms with Crippen LogP contribution in [0.15, 0.2) is 113 Å². The number of benzene rings is 3. The van der Waals surface area contributed by atoms with Gasteiger partial charge in [0.05, 0.1) is 17.3 Å². The topological polar surface area (TPSA) is 79.3 Å². The van der Waals surface area contributed by atoms with E-state index in [4.69, 9.17) is 16.6 Å². The van der Waals surface area contributed by atoms with E-state index in [2.05, 4.69) is 21.5 Å². The molecule has 0 spiro atoms. The van der Waals surface area contributed by atoms with Gasteiger partial charge in [-0.2, -0.15) is 4.57 Å². The lowest BCUT2D eigenvalue weighted by Crippen LogP contribution is -2.32. The van der Waals surface area contributed by atoms with Crippen LogP contribution in [0.5, 0.6) is 0 Å². The lowest BCUT2D eigenvalue weighted by Gasteiger charge is -2.06. The Labute approximate surface area is 202 Å². The van der Waals surface area contributed by atoms with Gasteiger partial charge in [0.25, 0.3) is 5.82 Å². The summed E-state index contributed by atoms with van der Waals surface area (Å²) < 4.78 is 29.9. The van der Waals surface area contributed by atoms with Crippen LogP contribution in [-0.4, -0.2) is 18.7 Å². The van der Waals surface area contributed by atoms with E-state index in [1.54, 1.807) is 22.8 Å². The third-order valence-electron chi connectivity index (χ3n) is 5.22. The van der Waals surface area contributed by atoms with Gasteiger partial charge in [-0.05, 0) is 58.6 Å². The van der Waals surface area contributed by atoms with Gasteiger partial charge < -0.3 is 0 Å². The third kappa shape index (κ3) is 4.82. The standard InChI is InChI=1S/C26H19ClN4O2S/c27-21-12-14-22(15-13-21)34(32,33)30-25-26(29-24-11-5-4-10-23(24)28-25)31-16-6-9-20(18-31)17-19-7-2-1-3-8-19/h1-16,18H,17H2/p+1. The molecule has 0 saturated carbocycles. The number of nitrogens with zero attached hydrogens (tertiary/aromatic N) is 4. The average Bonchev–Trinajstić information content (AvgIpc) is 2.84. The molecule has 8 heteroatoms. The number of hydrogen-bond acceptors (Lipinski definition) is 4. The zero-order valence-corrected chi connectivity index (χ0v) is 19.5. The van der Waals surface area contributed by atoms with Crippen molar-refractivity contribution >= 4 is 38.5 Å². The van der Waals surface area contributed by atoms with E-state index in [1.807, 2.05) is 60.9 Å². The first kappa shape index (κ1) is 22.2. The quantitative estimate of drug-likeness (QED) is 0.318. The SMILES string of the molecule is O=S(O)(=Nc1nc2ccccc2nc1-[n+]1cccc(Cc2ccccc2)c1)c1ccc(Cl)cc1. The normalized spacial score (nSPS) is 12.9. The monoisotopic (exact) mass is 487 g/mol. The Balaban J connectivity index is 1.65. The third-order valence-corrected chi connectivity index (χ3v) is 6.78. The Bertz CT molecular complexity index is 1600. The van der Waals surface area contributed by atoms with Crippen LogP contribution in [0.1, 0.15) is 11.1 Å². The van der Waals surface area contributed by atoms with Crippen LogP contribution in [-0.2, 0) is 16.4 Å². The molecule has 5 rings (SSSR count). The summed E-state index contributed by atoms with van der Waals surface area (Å²) in [7, 11) is -3.79. The van der Waals surface area contributed by atoms with Crippen LogP contribution in [0.25, 0.3) is 16.9 Å². The Morgan fingerprint density at radius 3 is 2.21 bits per heavy atom. The highest BCUT2D eigenvalue weighted by molar-refractivity contribution is 7.88. The number of aromatic nitrogens is 3. The molecule has 0 aliphatic rings. The summed E-state index contributed by atoms with van der Waals surface area (Å²) in [4.78, 5) is 9.45. The molecule has 0 bridgehead atoms. The molecule has 0 amide bonds. The second-order valence-corrected chi connectivity index (χ2v) is 9.77. The zero-order chi connectivity index (χ0) is 23.5. The van der Waals surface area contributed by atoms with Gasteiger partial charge >= 0.3 is 5.82 Å². The maximum atomic E-state index is 13.2.